The maximum absolute atomic E-state index is 12.4. The van der Waals surface area contributed by atoms with E-state index in [1.807, 2.05) is 73.0 Å². The maximum atomic E-state index is 12.4. The molecule has 174 valence electrons. The van der Waals surface area contributed by atoms with Gasteiger partial charge in [-0.2, -0.15) is 0 Å². The molecule has 0 saturated heterocycles. The molecular weight excluding hydrogens is 450 g/mol. The van der Waals surface area contributed by atoms with Gasteiger partial charge in [-0.3, -0.25) is 9.36 Å². The molecule has 9 heteroatoms. The smallest absolute Gasteiger partial charge is 0.230 e. The number of pyridine rings is 1. The molecule has 0 aliphatic rings. The first-order valence-electron chi connectivity index (χ1n) is 10.8. The Balaban J connectivity index is 1.28. The molecule has 8 nitrogen and oxygen atoms in total. The van der Waals surface area contributed by atoms with Crippen LogP contribution in [0.4, 0.5) is 0 Å². The van der Waals surface area contributed by atoms with Crippen molar-refractivity contribution in [1.29, 1.82) is 0 Å². The summed E-state index contributed by atoms with van der Waals surface area (Å²) in [6.45, 7) is 4.95. The van der Waals surface area contributed by atoms with Crippen molar-refractivity contribution in [3.63, 3.8) is 0 Å². The van der Waals surface area contributed by atoms with Crippen molar-refractivity contribution in [3.05, 3.63) is 84.3 Å². The quantitative estimate of drug-likeness (QED) is 0.336. The second-order valence-corrected chi connectivity index (χ2v) is 8.34. The van der Waals surface area contributed by atoms with Gasteiger partial charge >= 0.3 is 0 Å². The highest BCUT2D eigenvalue weighted by Gasteiger charge is 2.10. The number of aryl methyl sites for hydroxylation is 1. The number of ether oxygens (including phenoxy) is 2. The van der Waals surface area contributed by atoms with Crippen LogP contribution in [0.2, 0.25) is 0 Å². The highest BCUT2D eigenvalue weighted by Crippen LogP contribution is 2.23. The Morgan fingerprint density at radius 1 is 1.06 bits per heavy atom. The summed E-state index contributed by atoms with van der Waals surface area (Å²) in [7, 11) is 0. The van der Waals surface area contributed by atoms with Crippen LogP contribution < -0.4 is 14.8 Å². The van der Waals surface area contributed by atoms with Crippen LogP contribution in [0, 0.1) is 6.92 Å². The van der Waals surface area contributed by atoms with E-state index >= 15 is 0 Å². The lowest BCUT2D eigenvalue weighted by atomic mass is 10.2. The minimum absolute atomic E-state index is 0.103. The number of aromatic nitrogens is 4. The Kier molecular flexibility index (Phi) is 7.77. The van der Waals surface area contributed by atoms with Gasteiger partial charge in [0.25, 0.3) is 0 Å². The summed E-state index contributed by atoms with van der Waals surface area (Å²) in [6.07, 6.45) is 3.30. The number of hydrogen-bond acceptors (Lipinski definition) is 7. The van der Waals surface area contributed by atoms with E-state index in [0.29, 0.717) is 29.9 Å². The van der Waals surface area contributed by atoms with Crippen LogP contribution in [0.5, 0.6) is 17.4 Å². The lowest BCUT2D eigenvalue weighted by Crippen LogP contribution is -2.24. The molecular formula is C25H25N5O3S. The number of rotatable bonds is 10. The molecule has 0 radical (unpaired) electrons. The van der Waals surface area contributed by atoms with Gasteiger partial charge in [-0.05, 0) is 61.9 Å². The first-order valence-corrected chi connectivity index (χ1v) is 11.8. The molecule has 2 aromatic heterocycles. The third kappa shape index (κ3) is 6.35. The first-order chi connectivity index (χ1) is 16.6. The highest BCUT2D eigenvalue weighted by atomic mass is 32.2. The van der Waals surface area contributed by atoms with Crippen molar-refractivity contribution in [3.8, 4) is 23.1 Å². The molecule has 0 bridgehead atoms. The normalized spacial score (nSPS) is 10.6. The average molecular weight is 476 g/mol. The molecule has 0 unspecified atom stereocenters. The van der Waals surface area contributed by atoms with Crippen LogP contribution in [-0.2, 0) is 11.3 Å². The van der Waals surface area contributed by atoms with E-state index in [1.165, 1.54) is 17.3 Å². The topological polar surface area (TPSA) is 91.2 Å². The molecule has 1 N–H and O–H groups in total. The van der Waals surface area contributed by atoms with Crippen molar-refractivity contribution in [2.45, 2.75) is 25.5 Å². The fraction of sp³-hybridized carbons (Fsp3) is 0.200. The second-order valence-electron chi connectivity index (χ2n) is 7.39. The SMILES string of the molecule is CCOc1ccc(Oc2cc(CNC(=O)CSc3nncn3-c3ccc(C)cc3)ccn2)cc1. The number of nitrogens with zero attached hydrogens (tertiary/aromatic N) is 4. The number of benzene rings is 2. The van der Waals surface area contributed by atoms with E-state index in [9.17, 15) is 4.79 Å². The van der Waals surface area contributed by atoms with Gasteiger partial charge in [0.2, 0.25) is 11.8 Å². The lowest BCUT2D eigenvalue weighted by molar-refractivity contribution is -0.118. The minimum atomic E-state index is -0.103. The van der Waals surface area contributed by atoms with E-state index in [1.54, 1.807) is 18.6 Å². The minimum Gasteiger partial charge on any atom is -0.494 e. The molecule has 4 aromatic rings. The molecule has 0 saturated carbocycles. The molecule has 0 fully saturated rings. The average Bonchev–Trinajstić information content (AvgIpc) is 3.32. The fourth-order valence-corrected chi connectivity index (χ4v) is 3.85. The monoisotopic (exact) mass is 475 g/mol. The number of amides is 1. The van der Waals surface area contributed by atoms with Crippen molar-refractivity contribution in [2.24, 2.45) is 0 Å². The summed E-state index contributed by atoms with van der Waals surface area (Å²) in [5.74, 6) is 2.02. The largest absolute Gasteiger partial charge is 0.494 e. The highest BCUT2D eigenvalue weighted by molar-refractivity contribution is 7.99. The Morgan fingerprint density at radius 2 is 1.82 bits per heavy atom. The Labute approximate surface area is 202 Å². The summed E-state index contributed by atoms with van der Waals surface area (Å²) in [5, 5.41) is 11.7. The summed E-state index contributed by atoms with van der Waals surface area (Å²) < 4.78 is 13.1. The summed E-state index contributed by atoms with van der Waals surface area (Å²) in [5.41, 5.74) is 3.02. The number of thioether (sulfide) groups is 1. The summed E-state index contributed by atoms with van der Waals surface area (Å²) in [6, 6.07) is 19.0. The van der Waals surface area contributed by atoms with Gasteiger partial charge in [0.05, 0.1) is 12.4 Å². The van der Waals surface area contributed by atoms with E-state index < -0.39 is 0 Å². The van der Waals surface area contributed by atoms with Gasteiger partial charge in [-0.15, -0.1) is 10.2 Å². The molecule has 34 heavy (non-hydrogen) atoms. The van der Waals surface area contributed by atoms with Crippen LogP contribution in [0.1, 0.15) is 18.1 Å². The van der Waals surface area contributed by atoms with E-state index in [4.69, 9.17) is 9.47 Å². The third-order valence-electron chi connectivity index (χ3n) is 4.81. The number of carbonyl (C=O) groups excluding carboxylic acids is 1. The molecule has 0 aliphatic heterocycles. The molecule has 0 aliphatic carbocycles. The molecule has 0 spiro atoms. The van der Waals surface area contributed by atoms with Crippen molar-refractivity contribution in [2.75, 3.05) is 12.4 Å². The lowest BCUT2D eigenvalue weighted by Gasteiger charge is -2.09. The molecule has 4 rings (SSSR count). The van der Waals surface area contributed by atoms with Crippen LogP contribution in [0.25, 0.3) is 5.69 Å². The van der Waals surface area contributed by atoms with Gasteiger partial charge in [0.1, 0.15) is 17.8 Å². The van der Waals surface area contributed by atoms with Gasteiger partial charge in [0, 0.05) is 24.5 Å². The van der Waals surface area contributed by atoms with Crippen LogP contribution in [-0.4, -0.2) is 38.0 Å². The zero-order valence-electron chi connectivity index (χ0n) is 19.0. The molecule has 0 atom stereocenters. The van der Waals surface area contributed by atoms with Crippen molar-refractivity contribution in [1.82, 2.24) is 25.1 Å². The van der Waals surface area contributed by atoms with Crippen LogP contribution in [0.3, 0.4) is 0 Å². The second kappa shape index (κ2) is 11.3. The fourth-order valence-electron chi connectivity index (χ4n) is 3.09. The van der Waals surface area contributed by atoms with Gasteiger partial charge < -0.3 is 14.8 Å². The maximum Gasteiger partial charge on any atom is 0.230 e. The first kappa shape index (κ1) is 23.3. The standard InChI is InChI=1S/C25H25N5O3S/c1-3-32-21-8-10-22(11-9-21)33-24-14-19(12-13-26-24)15-27-23(31)16-34-25-29-28-17-30(25)20-6-4-18(2)5-7-20/h4-14,17H,3,15-16H2,1-2H3,(H,27,31). The Hall–Kier alpha value is -3.85. The molecule has 1 amide bonds. The molecule has 2 aromatic carbocycles. The summed E-state index contributed by atoms with van der Waals surface area (Å²) >= 11 is 1.34. The van der Waals surface area contributed by atoms with E-state index in [-0.39, 0.29) is 11.7 Å². The Bertz CT molecular complexity index is 1230. The number of nitrogens with one attached hydrogen (secondary N) is 1. The third-order valence-corrected chi connectivity index (χ3v) is 5.75. The van der Waals surface area contributed by atoms with Gasteiger partial charge in [0.15, 0.2) is 5.16 Å². The van der Waals surface area contributed by atoms with Crippen molar-refractivity contribution < 1.29 is 14.3 Å². The summed E-state index contributed by atoms with van der Waals surface area (Å²) in [4.78, 5) is 16.7. The van der Waals surface area contributed by atoms with Crippen molar-refractivity contribution >= 4 is 17.7 Å². The number of hydrogen-bond donors (Lipinski definition) is 1. The van der Waals surface area contributed by atoms with Gasteiger partial charge in [-0.1, -0.05) is 29.5 Å². The zero-order chi connectivity index (χ0) is 23.8. The van der Waals surface area contributed by atoms with E-state index in [0.717, 1.165) is 17.0 Å². The molecule has 2 heterocycles. The predicted molar refractivity (Wildman–Crippen MR) is 131 cm³/mol. The van der Waals surface area contributed by atoms with Crippen LogP contribution >= 0.6 is 11.8 Å². The van der Waals surface area contributed by atoms with Gasteiger partial charge in [-0.25, -0.2) is 4.98 Å². The number of carbonyl (C=O) groups is 1. The zero-order valence-corrected chi connectivity index (χ0v) is 19.8. The van der Waals surface area contributed by atoms with Crippen LogP contribution in [0.15, 0.2) is 78.3 Å². The van der Waals surface area contributed by atoms with E-state index in [2.05, 4.69) is 20.5 Å². The predicted octanol–water partition coefficient (Wildman–Crippen LogP) is 4.57. The Morgan fingerprint density at radius 3 is 2.59 bits per heavy atom.